The topological polar surface area (TPSA) is 56.1 Å². The molecule has 3 aromatic rings. The number of ether oxygens (including phenoxy) is 1. The van der Waals surface area contributed by atoms with Gasteiger partial charge in [0.25, 0.3) is 5.91 Å². The molecule has 1 heterocycles. The number of rotatable bonds is 6. The van der Waals surface area contributed by atoms with Crippen LogP contribution in [0, 0.1) is 0 Å². The predicted molar refractivity (Wildman–Crippen MR) is 106 cm³/mol. The minimum atomic E-state index is -0.145. The third-order valence-electron chi connectivity index (χ3n) is 4.32. The zero-order valence-electron chi connectivity index (χ0n) is 16.0. The Morgan fingerprint density at radius 2 is 1.78 bits per heavy atom. The normalized spacial score (nSPS) is 11.2. The maximum atomic E-state index is 12.0. The fourth-order valence-electron chi connectivity index (χ4n) is 2.65. The average molecular weight is 363 g/mol. The Morgan fingerprint density at radius 3 is 2.37 bits per heavy atom. The molecule has 0 aliphatic rings. The molecule has 0 fully saturated rings. The predicted octanol–water partition coefficient (Wildman–Crippen LogP) is 3.87. The molecule has 3 rings (SSSR count). The van der Waals surface area contributed by atoms with E-state index in [2.05, 4.69) is 31.1 Å². The Morgan fingerprint density at radius 1 is 1.07 bits per heavy atom. The number of benzene rings is 2. The third-order valence-corrected chi connectivity index (χ3v) is 4.32. The van der Waals surface area contributed by atoms with E-state index in [4.69, 9.17) is 4.74 Å². The summed E-state index contributed by atoms with van der Waals surface area (Å²) in [6, 6.07) is 15.9. The van der Waals surface area contributed by atoms with Crippen molar-refractivity contribution < 1.29 is 9.53 Å². The first-order chi connectivity index (χ1) is 12.9. The van der Waals surface area contributed by atoms with Crippen molar-refractivity contribution in [1.82, 2.24) is 14.9 Å². The van der Waals surface area contributed by atoms with Crippen molar-refractivity contribution in [3.8, 4) is 11.4 Å². The molecule has 5 nitrogen and oxygen atoms in total. The van der Waals surface area contributed by atoms with Crippen LogP contribution in [-0.2, 0) is 16.8 Å². The SMILES string of the molecule is CC(C)(C)c1ccc(OCC(=O)NCc2ccc(-n3ccnc3)cc2)cc1. The summed E-state index contributed by atoms with van der Waals surface area (Å²) in [5.41, 5.74) is 3.40. The summed E-state index contributed by atoms with van der Waals surface area (Å²) in [6.45, 7) is 6.96. The van der Waals surface area contributed by atoms with Gasteiger partial charge in [0.2, 0.25) is 0 Å². The molecule has 1 amide bonds. The number of nitrogens with zero attached hydrogens (tertiary/aromatic N) is 2. The largest absolute Gasteiger partial charge is 0.484 e. The monoisotopic (exact) mass is 363 g/mol. The molecule has 0 aliphatic heterocycles. The second-order valence-corrected chi connectivity index (χ2v) is 7.48. The summed E-state index contributed by atoms with van der Waals surface area (Å²) in [6.07, 6.45) is 5.38. The quantitative estimate of drug-likeness (QED) is 0.723. The van der Waals surface area contributed by atoms with Crippen LogP contribution >= 0.6 is 0 Å². The molecule has 0 radical (unpaired) electrons. The molecule has 0 spiro atoms. The van der Waals surface area contributed by atoms with E-state index < -0.39 is 0 Å². The van der Waals surface area contributed by atoms with Gasteiger partial charge in [0, 0.05) is 24.6 Å². The van der Waals surface area contributed by atoms with E-state index in [0.29, 0.717) is 12.3 Å². The van der Waals surface area contributed by atoms with Crippen molar-refractivity contribution in [2.45, 2.75) is 32.7 Å². The van der Waals surface area contributed by atoms with Crippen LogP contribution in [0.3, 0.4) is 0 Å². The highest BCUT2D eigenvalue weighted by molar-refractivity contribution is 5.77. The Labute approximate surface area is 160 Å². The van der Waals surface area contributed by atoms with Crippen molar-refractivity contribution in [2.75, 3.05) is 6.61 Å². The van der Waals surface area contributed by atoms with Gasteiger partial charge in [-0.05, 0) is 40.8 Å². The molecule has 5 heteroatoms. The number of carbonyl (C=O) groups excluding carboxylic acids is 1. The molecule has 0 unspecified atom stereocenters. The summed E-state index contributed by atoms with van der Waals surface area (Å²) in [5, 5.41) is 2.88. The van der Waals surface area contributed by atoms with Gasteiger partial charge in [-0.1, -0.05) is 45.0 Å². The van der Waals surface area contributed by atoms with Crippen molar-refractivity contribution in [1.29, 1.82) is 0 Å². The van der Waals surface area contributed by atoms with E-state index in [1.807, 2.05) is 59.3 Å². The number of amides is 1. The summed E-state index contributed by atoms with van der Waals surface area (Å²) < 4.78 is 7.50. The minimum absolute atomic E-state index is 0.00197. The van der Waals surface area contributed by atoms with E-state index >= 15 is 0 Å². The molecule has 0 saturated carbocycles. The van der Waals surface area contributed by atoms with Crippen LogP contribution in [0.2, 0.25) is 0 Å². The van der Waals surface area contributed by atoms with Crippen molar-refractivity contribution in [3.05, 3.63) is 78.4 Å². The molecule has 0 atom stereocenters. The van der Waals surface area contributed by atoms with E-state index in [-0.39, 0.29) is 17.9 Å². The molecular formula is C22H25N3O2. The van der Waals surface area contributed by atoms with Crippen LogP contribution in [0.5, 0.6) is 5.75 Å². The first-order valence-electron chi connectivity index (χ1n) is 8.99. The lowest BCUT2D eigenvalue weighted by Crippen LogP contribution is -2.28. The molecule has 140 valence electrons. The van der Waals surface area contributed by atoms with Crippen LogP contribution in [0.15, 0.2) is 67.3 Å². The fraction of sp³-hybridized carbons (Fsp3) is 0.273. The highest BCUT2D eigenvalue weighted by Gasteiger charge is 2.13. The van der Waals surface area contributed by atoms with E-state index in [1.165, 1.54) is 5.56 Å². The standard InChI is InChI=1S/C22H25N3O2/c1-22(2,3)18-6-10-20(11-7-18)27-15-21(26)24-14-17-4-8-19(9-5-17)25-13-12-23-16-25/h4-13,16H,14-15H2,1-3H3,(H,24,26). The molecule has 2 aromatic carbocycles. The number of aromatic nitrogens is 2. The number of nitrogens with one attached hydrogen (secondary N) is 1. The van der Waals surface area contributed by atoms with Crippen molar-refractivity contribution >= 4 is 5.91 Å². The Balaban J connectivity index is 1.46. The number of imidazole rings is 1. The highest BCUT2D eigenvalue weighted by Crippen LogP contribution is 2.24. The van der Waals surface area contributed by atoms with Gasteiger partial charge in [-0.3, -0.25) is 4.79 Å². The zero-order chi connectivity index (χ0) is 19.3. The van der Waals surface area contributed by atoms with Crippen LogP contribution in [0.4, 0.5) is 0 Å². The van der Waals surface area contributed by atoms with Crippen LogP contribution in [-0.4, -0.2) is 22.1 Å². The number of hydrogen-bond acceptors (Lipinski definition) is 3. The molecular weight excluding hydrogens is 338 g/mol. The smallest absolute Gasteiger partial charge is 0.258 e. The van der Waals surface area contributed by atoms with Gasteiger partial charge in [-0.25, -0.2) is 4.98 Å². The molecule has 0 aliphatic carbocycles. The summed E-state index contributed by atoms with van der Waals surface area (Å²) in [7, 11) is 0. The highest BCUT2D eigenvalue weighted by atomic mass is 16.5. The van der Waals surface area contributed by atoms with Gasteiger partial charge in [-0.2, -0.15) is 0 Å². The number of carbonyl (C=O) groups is 1. The molecule has 1 N–H and O–H groups in total. The lowest BCUT2D eigenvalue weighted by atomic mass is 9.87. The molecule has 0 bridgehead atoms. The lowest BCUT2D eigenvalue weighted by Gasteiger charge is -2.19. The fourth-order valence-corrected chi connectivity index (χ4v) is 2.65. The second-order valence-electron chi connectivity index (χ2n) is 7.48. The molecule has 27 heavy (non-hydrogen) atoms. The summed E-state index contributed by atoms with van der Waals surface area (Å²) in [4.78, 5) is 16.1. The first kappa shape index (κ1) is 18.7. The van der Waals surface area contributed by atoms with Gasteiger partial charge in [0.1, 0.15) is 5.75 Å². The minimum Gasteiger partial charge on any atom is -0.484 e. The maximum absolute atomic E-state index is 12.0. The zero-order valence-corrected chi connectivity index (χ0v) is 16.0. The van der Waals surface area contributed by atoms with Gasteiger partial charge in [0.05, 0.1) is 6.33 Å². The second kappa shape index (κ2) is 8.08. The van der Waals surface area contributed by atoms with Crippen molar-refractivity contribution in [3.63, 3.8) is 0 Å². The van der Waals surface area contributed by atoms with Gasteiger partial charge in [-0.15, -0.1) is 0 Å². The first-order valence-corrected chi connectivity index (χ1v) is 8.99. The Hall–Kier alpha value is -3.08. The van der Waals surface area contributed by atoms with E-state index in [1.54, 1.807) is 12.5 Å². The summed E-state index contributed by atoms with van der Waals surface area (Å²) >= 11 is 0. The Kier molecular flexibility index (Phi) is 5.60. The van der Waals surface area contributed by atoms with E-state index in [9.17, 15) is 4.79 Å². The van der Waals surface area contributed by atoms with Gasteiger partial charge < -0.3 is 14.6 Å². The maximum Gasteiger partial charge on any atom is 0.258 e. The summed E-state index contributed by atoms with van der Waals surface area (Å²) in [5.74, 6) is 0.552. The number of hydrogen-bond donors (Lipinski definition) is 1. The lowest BCUT2D eigenvalue weighted by molar-refractivity contribution is -0.123. The van der Waals surface area contributed by atoms with Gasteiger partial charge in [0.15, 0.2) is 6.61 Å². The average Bonchev–Trinajstić information content (AvgIpc) is 3.19. The van der Waals surface area contributed by atoms with Crippen molar-refractivity contribution in [2.24, 2.45) is 0 Å². The van der Waals surface area contributed by atoms with Crippen LogP contribution < -0.4 is 10.1 Å². The third kappa shape index (κ3) is 5.20. The van der Waals surface area contributed by atoms with Crippen LogP contribution in [0.25, 0.3) is 5.69 Å². The Bertz CT molecular complexity index is 861. The van der Waals surface area contributed by atoms with E-state index in [0.717, 1.165) is 11.3 Å². The molecule has 0 saturated heterocycles. The molecule has 1 aromatic heterocycles. The van der Waals surface area contributed by atoms with Gasteiger partial charge >= 0.3 is 0 Å². The van der Waals surface area contributed by atoms with Crippen LogP contribution in [0.1, 0.15) is 31.9 Å².